The highest BCUT2D eigenvalue weighted by atomic mass is 32.2. The summed E-state index contributed by atoms with van der Waals surface area (Å²) in [5.74, 6) is 2.37. The number of fused-ring (bicyclic) bond motifs is 3. The van der Waals surface area contributed by atoms with Crippen molar-refractivity contribution in [1.82, 2.24) is 15.0 Å². The summed E-state index contributed by atoms with van der Waals surface area (Å²) in [5.41, 5.74) is 11.8. The van der Waals surface area contributed by atoms with Crippen molar-refractivity contribution in [3.8, 4) is 45.3 Å². The minimum atomic E-state index is 0.344. The molecule has 0 amide bonds. The van der Waals surface area contributed by atoms with Crippen LogP contribution in [0.4, 0.5) is 0 Å². The first-order valence-corrected chi connectivity index (χ1v) is 17.8. The molecule has 0 N–H and O–H groups in total. The summed E-state index contributed by atoms with van der Waals surface area (Å²) in [6.45, 7) is 0. The molecule has 2 heterocycles. The Balaban J connectivity index is 1.13. The third-order valence-electron chi connectivity index (χ3n) is 9.60. The van der Waals surface area contributed by atoms with E-state index in [-0.39, 0.29) is 0 Å². The lowest BCUT2D eigenvalue weighted by Crippen LogP contribution is -2.13. The van der Waals surface area contributed by atoms with Crippen LogP contribution < -0.4 is 0 Å². The average molecular weight is 648 g/mol. The fraction of sp³-hybridized carbons (Fsp3) is 0.0889. The van der Waals surface area contributed by atoms with Crippen LogP contribution in [0.5, 0.6) is 0 Å². The predicted octanol–water partition coefficient (Wildman–Crippen LogP) is 11.5. The number of thioether (sulfide) groups is 1. The van der Waals surface area contributed by atoms with Crippen molar-refractivity contribution < 1.29 is 0 Å². The van der Waals surface area contributed by atoms with Gasteiger partial charge < -0.3 is 0 Å². The van der Waals surface area contributed by atoms with Crippen LogP contribution in [0.1, 0.15) is 35.4 Å². The van der Waals surface area contributed by atoms with Crippen molar-refractivity contribution in [1.29, 1.82) is 0 Å². The highest BCUT2D eigenvalue weighted by Gasteiger charge is 2.35. The minimum absolute atomic E-state index is 0.344. The van der Waals surface area contributed by atoms with Gasteiger partial charge in [-0.2, -0.15) is 0 Å². The predicted molar refractivity (Wildman–Crippen MR) is 204 cm³/mol. The lowest BCUT2D eigenvalue weighted by Gasteiger charge is -2.23. The summed E-state index contributed by atoms with van der Waals surface area (Å²) in [6.07, 6.45) is 15.6. The second-order valence-corrected chi connectivity index (χ2v) is 13.9. The quantitative estimate of drug-likeness (QED) is 0.180. The first-order valence-electron chi connectivity index (χ1n) is 16.9. The van der Waals surface area contributed by atoms with Crippen LogP contribution in [-0.2, 0) is 0 Å². The highest BCUT2D eigenvalue weighted by molar-refractivity contribution is 8.00. The summed E-state index contributed by atoms with van der Waals surface area (Å²) >= 11 is 1.97. The minimum Gasteiger partial charge on any atom is -0.208 e. The molecule has 0 spiro atoms. The van der Waals surface area contributed by atoms with E-state index >= 15 is 0 Å². The molecule has 3 nitrogen and oxygen atoms in total. The monoisotopic (exact) mass is 647 g/mol. The van der Waals surface area contributed by atoms with Gasteiger partial charge in [-0.05, 0) is 70.0 Å². The Morgan fingerprint density at radius 1 is 0.510 bits per heavy atom. The molecule has 0 fully saturated rings. The van der Waals surface area contributed by atoms with Gasteiger partial charge in [0.15, 0.2) is 17.5 Å². The summed E-state index contributed by atoms with van der Waals surface area (Å²) in [4.78, 5) is 16.7. The van der Waals surface area contributed by atoms with Gasteiger partial charge in [-0.15, -0.1) is 11.8 Å². The molecule has 0 saturated heterocycles. The Kier molecular flexibility index (Phi) is 7.72. The summed E-state index contributed by atoms with van der Waals surface area (Å²) in [5, 5.41) is 0.344. The molecular weight excluding hydrogens is 615 g/mol. The first-order chi connectivity index (χ1) is 24.3. The average Bonchev–Trinajstić information content (AvgIpc) is 3.58. The molecule has 49 heavy (non-hydrogen) atoms. The Morgan fingerprint density at radius 2 is 1.14 bits per heavy atom. The molecule has 2 aliphatic carbocycles. The molecule has 0 bridgehead atoms. The smallest absolute Gasteiger partial charge is 0.164 e. The topological polar surface area (TPSA) is 38.7 Å². The van der Waals surface area contributed by atoms with E-state index in [0.717, 1.165) is 40.7 Å². The van der Waals surface area contributed by atoms with E-state index in [1.54, 1.807) is 0 Å². The second-order valence-electron chi connectivity index (χ2n) is 12.7. The SMILES string of the molecule is C1=CCCC(c2ccc(-c3nc(-c4cccc(C5=CC=CC6c7ccccc7SC56)c4)nc(-c4cccc(-c5ccccc5)c4)n3)cc2)=C1. The Morgan fingerprint density at radius 3 is 1.90 bits per heavy atom. The lowest BCUT2D eigenvalue weighted by atomic mass is 9.85. The Labute approximate surface area is 291 Å². The number of hydrogen-bond donors (Lipinski definition) is 0. The van der Waals surface area contributed by atoms with Crippen LogP contribution in [0.2, 0.25) is 0 Å². The zero-order valence-electron chi connectivity index (χ0n) is 26.9. The summed E-state index contributed by atoms with van der Waals surface area (Å²) in [7, 11) is 0. The first kappa shape index (κ1) is 29.6. The van der Waals surface area contributed by atoms with E-state index in [9.17, 15) is 0 Å². The van der Waals surface area contributed by atoms with Gasteiger partial charge in [0.1, 0.15) is 0 Å². The van der Waals surface area contributed by atoms with Crippen molar-refractivity contribution in [3.05, 3.63) is 181 Å². The molecule has 6 aromatic rings. The van der Waals surface area contributed by atoms with Gasteiger partial charge >= 0.3 is 0 Å². The van der Waals surface area contributed by atoms with Gasteiger partial charge in [-0.25, -0.2) is 15.0 Å². The van der Waals surface area contributed by atoms with Crippen molar-refractivity contribution in [3.63, 3.8) is 0 Å². The van der Waals surface area contributed by atoms with Crippen LogP contribution in [0.3, 0.4) is 0 Å². The number of aromatic nitrogens is 3. The Hall–Kier alpha value is -5.58. The zero-order valence-corrected chi connectivity index (χ0v) is 27.7. The van der Waals surface area contributed by atoms with Crippen molar-refractivity contribution in [2.75, 3.05) is 0 Å². The van der Waals surface area contributed by atoms with Gasteiger partial charge in [0.25, 0.3) is 0 Å². The van der Waals surface area contributed by atoms with Crippen LogP contribution in [0.15, 0.2) is 169 Å². The molecule has 3 aliphatic rings. The molecule has 5 aromatic carbocycles. The number of rotatable bonds is 6. The number of hydrogen-bond acceptors (Lipinski definition) is 4. The third kappa shape index (κ3) is 5.79. The van der Waals surface area contributed by atoms with E-state index in [1.807, 2.05) is 17.8 Å². The van der Waals surface area contributed by atoms with Crippen molar-refractivity contribution in [2.45, 2.75) is 28.9 Å². The van der Waals surface area contributed by atoms with Crippen molar-refractivity contribution >= 4 is 22.9 Å². The van der Waals surface area contributed by atoms with Gasteiger partial charge in [0.2, 0.25) is 0 Å². The van der Waals surface area contributed by atoms with Gasteiger partial charge in [0, 0.05) is 32.8 Å². The Bertz CT molecular complexity index is 2310. The zero-order chi connectivity index (χ0) is 32.6. The van der Waals surface area contributed by atoms with Crippen LogP contribution in [0, 0.1) is 0 Å². The van der Waals surface area contributed by atoms with E-state index in [4.69, 9.17) is 15.0 Å². The maximum Gasteiger partial charge on any atom is 0.164 e. The van der Waals surface area contributed by atoms with E-state index in [0.29, 0.717) is 28.6 Å². The number of benzene rings is 5. The number of allylic oxidation sites excluding steroid dienone is 7. The summed E-state index contributed by atoms with van der Waals surface area (Å²) < 4.78 is 0. The van der Waals surface area contributed by atoms with Gasteiger partial charge in [-0.3, -0.25) is 0 Å². The molecule has 0 saturated carbocycles. The molecule has 2 unspecified atom stereocenters. The van der Waals surface area contributed by atoms with E-state index in [2.05, 4.69) is 158 Å². The molecule has 1 aliphatic heterocycles. The molecule has 234 valence electrons. The highest BCUT2D eigenvalue weighted by Crippen LogP contribution is 2.52. The normalized spacial score (nSPS) is 17.6. The van der Waals surface area contributed by atoms with Crippen LogP contribution >= 0.6 is 11.8 Å². The molecule has 9 rings (SSSR count). The fourth-order valence-corrected chi connectivity index (χ4v) is 8.57. The maximum absolute atomic E-state index is 5.13. The van der Waals surface area contributed by atoms with Gasteiger partial charge in [0.05, 0.1) is 0 Å². The molecule has 4 heteroatoms. The van der Waals surface area contributed by atoms with Gasteiger partial charge in [-0.1, -0.05) is 146 Å². The van der Waals surface area contributed by atoms with Crippen molar-refractivity contribution in [2.24, 2.45) is 0 Å². The summed E-state index contributed by atoms with van der Waals surface area (Å²) in [6, 6.07) is 45.1. The van der Waals surface area contributed by atoms with Crippen LogP contribution in [0.25, 0.3) is 56.4 Å². The maximum atomic E-state index is 5.13. The lowest BCUT2D eigenvalue weighted by molar-refractivity contribution is 0.893. The third-order valence-corrected chi connectivity index (χ3v) is 11.0. The molecular formula is C45H33N3S. The van der Waals surface area contributed by atoms with Crippen LogP contribution in [-0.4, -0.2) is 20.2 Å². The molecule has 2 atom stereocenters. The number of nitrogens with zero attached hydrogens (tertiary/aromatic N) is 3. The second kappa shape index (κ2) is 12.8. The molecule has 1 aromatic heterocycles. The van der Waals surface area contributed by atoms with E-state index in [1.165, 1.54) is 32.7 Å². The fourth-order valence-electron chi connectivity index (χ4n) is 7.08. The van der Waals surface area contributed by atoms with E-state index < -0.39 is 0 Å². The molecule has 0 radical (unpaired) electrons. The standard InChI is InChI=1S/C45H33N3S/c1-3-12-30(13-4-1)32-24-26-33(27-25-32)43-46-44(36-18-9-16-34(28-36)31-14-5-2-6-15-31)48-45(47-43)37-19-10-17-35(29-37)38-21-11-22-40-39-20-7-8-23-41(39)49-42(38)40/h1-3,5-12,14-29,40,42H,4,13H2. The largest absolute Gasteiger partial charge is 0.208 e.